The first kappa shape index (κ1) is 9.16. The van der Waals surface area contributed by atoms with Crippen molar-refractivity contribution >= 4 is 12.0 Å². The number of aliphatic imine (C=N–C) groups is 1. The number of carbonyl (C=O) groups excluding carboxylic acids is 2. The Hall–Kier alpha value is -1.93. The second-order valence-corrected chi connectivity index (χ2v) is 2.20. The first-order chi connectivity index (χ1) is 6.33. The molecule has 1 rings (SSSR count). The van der Waals surface area contributed by atoms with Crippen LogP contribution in [0.15, 0.2) is 35.3 Å². The molecule has 4 nitrogen and oxygen atoms in total. The smallest absolute Gasteiger partial charge is 0.294 e. The highest BCUT2D eigenvalue weighted by atomic mass is 16.5. The van der Waals surface area contributed by atoms with Gasteiger partial charge < -0.3 is 4.74 Å². The second kappa shape index (κ2) is 4.85. The van der Waals surface area contributed by atoms with Crippen LogP contribution in [-0.2, 0) is 9.59 Å². The standard InChI is InChI=1S/C9H7NO3/c11-7-10-9(12)6-13-8-4-2-1-3-5-8/h1-5H,6H2. The minimum Gasteiger partial charge on any atom is -0.484 e. The molecule has 1 aromatic carbocycles. The molecule has 4 heteroatoms. The molecular formula is C9H7NO3. The molecule has 0 radical (unpaired) electrons. The van der Waals surface area contributed by atoms with Crippen LogP contribution in [0.25, 0.3) is 0 Å². The number of nitrogens with zero attached hydrogens (tertiary/aromatic N) is 1. The Balaban J connectivity index is 2.44. The summed E-state index contributed by atoms with van der Waals surface area (Å²) in [6, 6.07) is 8.81. The van der Waals surface area contributed by atoms with E-state index in [4.69, 9.17) is 4.74 Å². The van der Waals surface area contributed by atoms with Gasteiger partial charge in [-0.3, -0.25) is 4.79 Å². The zero-order valence-corrected chi connectivity index (χ0v) is 6.77. The molecule has 0 atom stereocenters. The molecule has 1 aromatic rings. The highest BCUT2D eigenvalue weighted by molar-refractivity contribution is 5.82. The molecule has 0 spiro atoms. The number of benzene rings is 1. The van der Waals surface area contributed by atoms with Gasteiger partial charge in [-0.2, -0.15) is 0 Å². The quantitative estimate of drug-likeness (QED) is 0.509. The van der Waals surface area contributed by atoms with Crippen molar-refractivity contribution in [3.8, 4) is 5.75 Å². The lowest BCUT2D eigenvalue weighted by Crippen LogP contribution is -2.07. The summed E-state index contributed by atoms with van der Waals surface area (Å²) in [5.74, 6) is -0.0733. The van der Waals surface area contributed by atoms with E-state index in [0.717, 1.165) is 6.08 Å². The van der Waals surface area contributed by atoms with Gasteiger partial charge in [-0.15, -0.1) is 4.99 Å². The molecule has 0 bridgehead atoms. The molecule has 0 aliphatic rings. The van der Waals surface area contributed by atoms with Crippen LogP contribution in [0.2, 0.25) is 0 Å². The molecule has 0 aromatic heterocycles. The van der Waals surface area contributed by atoms with Crippen molar-refractivity contribution in [2.75, 3.05) is 6.61 Å². The lowest BCUT2D eigenvalue weighted by atomic mass is 10.3. The minimum atomic E-state index is -0.640. The van der Waals surface area contributed by atoms with E-state index in [1.807, 2.05) is 6.07 Å². The van der Waals surface area contributed by atoms with Crippen LogP contribution in [0.4, 0.5) is 0 Å². The highest BCUT2D eigenvalue weighted by Gasteiger charge is 1.98. The number of isocyanates is 1. The first-order valence-electron chi connectivity index (χ1n) is 3.61. The largest absolute Gasteiger partial charge is 0.484 e. The zero-order chi connectivity index (χ0) is 9.52. The molecule has 0 fully saturated rings. The van der Waals surface area contributed by atoms with Crippen LogP contribution >= 0.6 is 0 Å². The zero-order valence-electron chi connectivity index (χ0n) is 6.77. The van der Waals surface area contributed by atoms with Gasteiger partial charge >= 0.3 is 0 Å². The van der Waals surface area contributed by atoms with Crippen molar-refractivity contribution in [3.63, 3.8) is 0 Å². The van der Waals surface area contributed by atoms with Crippen LogP contribution in [0, 0.1) is 0 Å². The average Bonchev–Trinajstić information content (AvgIpc) is 2.17. The summed E-state index contributed by atoms with van der Waals surface area (Å²) in [6.07, 6.45) is 1.15. The van der Waals surface area contributed by atoms with Crippen molar-refractivity contribution in [2.45, 2.75) is 0 Å². The van der Waals surface area contributed by atoms with Gasteiger partial charge in [-0.1, -0.05) is 18.2 Å². The van der Waals surface area contributed by atoms with E-state index in [9.17, 15) is 9.59 Å². The monoisotopic (exact) mass is 177 g/mol. The fraction of sp³-hybridized carbons (Fsp3) is 0.111. The molecular weight excluding hydrogens is 170 g/mol. The number of para-hydroxylation sites is 1. The van der Waals surface area contributed by atoms with E-state index in [-0.39, 0.29) is 6.61 Å². The van der Waals surface area contributed by atoms with E-state index in [0.29, 0.717) is 5.75 Å². The number of rotatable bonds is 3. The van der Waals surface area contributed by atoms with E-state index < -0.39 is 5.91 Å². The predicted octanol–water partition coefficient (Wildman–Crippen LogP) is 0.928. The summed E-state index contributed by atoms with van der Waals surface area (Å²) in [7, 11) is 0. The maximum absolute atomic E-state index is 10.7. The third kappa shape index (κ3) is 3.31. The Bertz CT molecular complexity index is 328. The molecule has 0 heterocycles. The maximum Gasteiger partial charge on any atom is 0.294 e. The van der Waals surface area contributed by atoms with Crippen LogP contribution in [0.5, 0.6) is 5.75 Å². The number of amides is 1. The van der Waals surface area contributed by atoms with Crippen molar-refractivity contribution < 1.29 is 14.3 Å². The molecule has 0 N–H and O–H groups in total. The Morgan fingerprint density at radius 3 is 2.69 bits per heavy atom. The highest BCUT2D eigenvalue weighted by Crippen LogP contribution is 2.07. The third-order valence-corrected chi connectivity index (χ3v) is 1.28. The van der Waals surface area contributed by atoms with Crippen molar-refractivity contribution in [1.29, 1.82) is 0 Å². The van der Waals surface area contributed by atoms with Gasteiger partial charge in [-0.25, -0.2) is 4.79 Å². The predicted molar refractivity (Wildman–Crippen MR) is 45.1 cm³/mol. The van der Waals surface area contributed by atoms with Crippen LogP contribution in [0.1, 0.15) is 0 Å². The van der Waals surface area contributed by atoms with E-state index in [1.54, 1.807) is 24.3 Å². The molecule has 13 heavy (non-hydrogen) atoms. The molecule has 0 unspecified atom stereocenters. The summed E-state index contributed by atoms with van der Waals surface area (Å²) in [5, 5.41) is 0. The summed E-state index contributed by atoms with van der Waals surface area (Å²) in [4.78, 5) is 23.2. The van der Waals surface area contributed by atoms with Crippen molar-refractivity contribution in [2.24, 2.45) is 4.99 Å². The average molecular weight is 177 g/mol. The summed E-state index contributed by atoms with van der Waals surface area (Å²) in [5.41, 5.74) is 0. The van der Waals surface area contributed by atoms with Crippen LogP contribution in [-0.4, -0.2) is 18.6 Å². The number of hydrogen-bond donors (Lipinski definition) is 0. The topological polar surface area (TPSA) is 55.7 Å². The van der Waals surface area contributed by atoms with E-state index in [1.165, 1.54) is 0 Å². The van der Waals surface area contributed by atoms with E-state index >= 15 is 0 Å². The molecule has 0 saturated carbocycles. The second-order valence-electron chi connectivity index (χ2n) is 2.20. The lowest BCUT2D eigenvalue weighted by Gasteiger charge is -2.00. The summed E-state index contributed by atoms with van der Waals surface area (Å²) in [6.45, 7) is -0.237. The van der Waals surface area contributed by atoms with Crippen molar-refractivity contribution in [1.82, 2.24) is 0 Å². The Morgan fingerprint density at radius 2 is 2.08 bits per heavy atom. The van der Waals surface area contributed by atoms with Gasteiger partial charge in [0, 0.05) is 0 Å². The SMILES string of the molecule is O=C=NC(=O)COc1ccccc1. The molecule has 66 valence electrons. The van der Waals surface area contributed by atoms with Gasteiger partial charge in [0.05, 0.1) is 0 Å². The number of carbonyl (C=O) groups is 1. The van der Waals surface area contributed by atoms with Gasteiger partial charge in [0.25, 0.3) is 5.91 Å². The lowest BCUT2D eigenvalue weighted by molar-refractivity contribution is -0.119. The Labute approximate surface area is 74.9 Å². The first-order valence-corrected chi connectivity index (χ1v) is 3.61. The molecule has 0 aliphatic heterocycles. The minimum absolute atomic E-state index is 0.237. The van der Waals surface area contributed by atoms with Gasteiger partial charge in [0.1, 0.15) is 5.75 Å². The molecule has 0 saturated heterocycles. The maximum atomic E-state index is 10.7. The van der Waals surface area contributed by atoms with Crippen molar-refractivity contribution in [3.05, 3.63) is 30.3 Å². The summed E-state index contributed by atoms with van der Waals surface area (Å²) >= 11 is 0. The fourth-order valence-electron chi connectivity index (χ4n) is 0.745. The van der Waals surface area contributed by atoms with Gasteiger partial charge in [-0.05, 0) is 12.1 Å². The summed E-state index contributed by atoms with van der Waals surface area (Å²) < 4.78 is 5.00. The molecule has 1 amide bonds. The Kier molecular flexibility index (Phi) is 3.42. The Morgan fingerprint density at radius 1 is 1.38 bits per heavy atom. The van der Waals surface area contributed by atoms with Crippen LogP contribution in [0.3, 0.4) is 0 Å². The van der Waals surface area contributed by atoms with Gasteiger partial charge in [0.2, 0.25) is 6.08 Å². The number of hydrogen-bond acceptors (Lipinski definition) is 3. The van der Waals surface area contributed by atoms with Crippen LogP contribution < -0.4 is 4.74 Å². The fourth-order valence-corrected chi connectivity index (χ4v) is 0.745. The third-order valence-electron chi connectivity index (χ3n) is 1.28. The normalized spacial score (nSPS) is 8.62. The van der Waals surface area contributed by atoms with Gasteiger partial charge in [0.15, 0.2) is 6.61 Å². The number of ether oxygens (including phenoxy) is 1. The van der Waals surface area contributed by atoms with E-state index in [2.05, 4.69) is 4.99 Å². The molecule has 0 aliphatic carbocycles.